The summed E-state index contributed by atoms with van der Waals surface area (Å²) in [7, 11) is 4.41. The maximum Gasteiger partial charge on any atom is 0.000174 e. The summed E-state index contributed by atoms with van der Waals surface area (Å²) in [6.07, 6.45) is 13.8. The molecule has 1 fully saturated rings. The molecule has 3 aromatic carbocycles. The first-order valence-electron chi connectivity index (χ1n) is 16.3. The molecule has 3 aliphatic carbocycles. The second kappa shape index (κ2) is 11.8. The van der Waals surface area contributed by atoms with Gasteiger partial charge in [0.25, 0.3) is 0 Å². The molecule has 0 heterocycles. The second-order valence-electron chi connectivity index (χ2n) is 14.0. The fourth-order valence-electron chi connectivity index (χ4n) is 7.87. The number of rotatable bonds is 8. The SMILES string of the molecule is C=C(C)Cc1c(C)cc2c(c1-c1ccc(C)cc1)CC(c1ccc3c(c1)C(C1CCC(CCN(C)C)CC1)=CC3C)=C2. The molecule has 0 aromatic heterocycles. The van der Waals surface area contributed by atoms with Gasteiger partial charge in [0.05, 0.1) is 0 Å². The lowest BCUT2D eigenvalue weighted by atomic mass is 9.76. The molecule has 3 aliphatic rings. The van der Waals surface area contributed by atoms with Gasteiger partial charge in [0, 0.05) is 5.92 Å². The minimum absolute atomic E-state index is 0.519. The van der Waals surface area contributed by atoms with E-state index in [4.69, 9.17) is 0 Å². The molecule has 1 unspecified atom stereocenters. The quantitative estimate of drug-likeness (QED) is 0.250. The minimum atomic E-state index is 0.519. The van der Waals surface area contributed by atoms with Gasteiger partial charge in [-0.2, -0.15) is 0 Å². The predicted octanol–water partition coefficient (Wildman–Crippen LogP) is 10.4. The lowest BCUT2D eigenvalue weighted by Gasteiger charge is -2.30. The van der Waals surface area contributed by atoms with E-state index in [-0.39, 0.29) is 0 Å². The van der Waals surface area contributed by atoms with Crippen LogP contribution in [-0.4, -0.2) is 25.5 Å². The van der Waals surface area contributed by atoms with Crippen molar-refractivity contribution in [3.8, 4) is 11.1 Å². The monoisotopic (exact) mass is 555 g/mol. The van der Waals surface area contributed by atoms with Gasteiger partial charge in [-0.3, -0.25) is 0 Å². The molecule has 1 heteroatoms. The molecule has 218 valence electrons. The van der Waals surface area contributed by atoms with Gasteiger partial charge in [-0.15, -0.1) is 0 Å². The summed E-state index contributed by atoms with van der Waals surface area (Å²) in [6, 6.07) is 18.9. The summed E-state index contributed by atoms with van der Waals surface area (Å²) >= 11 is 0. The number of aryl methyl sites for hydroxylation is 2. The molecule has 42 heavy (non-hydrogen) atoms. The highest BCUT2D eigenvalue weighted by Crippen LogP contribution is 2.48. The van der Waals surface area contributed by atoms with Crippen LogP contribution in [0.2, 0.25) is 0 Å². The van der Waals surface area contributed by atoms with E-state index in [9.17, 15) is 0 Å². The van der Waals surface area contributed by atoms with E-state index in [0.29, 0.717) is 5.92 Å². The molecule has 0 spiro atoms. The molecule has 1 nitrogen and oxygen atoms in total. The van der Waals surface area contributed by atoms with Gasteiger partial charge in [0.15, 0.2) is 0 Å². The van der Waals surface area contributed by atoms with Gasteiger partial charge in [0.2, 0.25) is 0 Å². The largest absolute Gasteiger partial charge is 0.309 e. The Morgan fingerprint density at radius 1 is 0.929 bits per heavy atom. The van der Waals surface area contributed by atoms with Gasteiger partial charge in [-0.05, 0) is 165 Å². The molecule has 0 N–H and O–H groups in total. The normalized spacial score (nSPS) is 21.3. The van der Waals surface area contributed by atoms with Gasteiger partial charge < -0.3 is 4.90 Å². The van der Waals surface area contributed by atoms with Crippen LogP contribution >= 0.6 is 0 Å². The zero-order valence-corrected chi connectivity index (χ0v) is 26.8. The van der Waals surface area contributed by atoms with E-state index < -0.39 is 0 Å². The van der Waals surface area contributed by atoms with Crippen LogP contribution in [0.4, 0.5) is 0 Å². The molecular weight excluding hydrogens is 506 g/mol. The molecular formula is C41H49N. The fraction of sp³-hybridized carbons (Fsp3) is 0.415. The van der Waals surface area contributed by atoms with Gasteiger partial charge in [0.1, 0.15) is 0 Å². The van der Waals surface area contributed by atoms with Crippen LogP contribution in [0.25, 0.3) is 28.3 Å². The van der Waals surface area contributed by atoms with Crippen molar-refractivity contribution in [3.05, 3.63) is 111 Å². The Kier molecular flexibility index (Phi) is 8.16. The Morgan fingerprint density at radius 3 is 2.33 bits per heavy atom. The molecule has 0 radical (unpaired) electrons. The first kappa shape index (κ1) is 28.9. The van der Waals surface area contributed by atoms with Crippen LogP contribution in [-0.2, 0) is 12.8 Å². The average Bonchev–Trinajstić information content (AvgIpc) is 3.53. The molecule has 3 aromatic rings. The third-order valence-electron chi connectivity index (χ3n) is 10.2. The maximum atomic E-state index is 4.28. The first-order valence-corrected chi connectivity index (χ1v) is 16.3. The lowest BCUT2D eigenvalue weighted by molar-refractivity contribution is 0.268. The number of fused-ring (bicyclic) bond motifs is 2. The fourth-order valence-corrected chi connectivity index (χ4v) is 7.87. The van der Waals surface area contributed by atoms with Crippen molar-refractivity contribution in [2.75, 3.05) is 20.6 Å². The Morgan fingerprint density at radius 2 is 1.64 bits per heavy atom. The first-order chi connectivity index (χ1) is 20.2. The Labute approximate surface area is 255 Å². The van der Waals surface area contributed by atoms with E-state index in [1.807, 2.05) is 0 Å². The van der Waals surface area contributed by atoms with Crippen LogP contribution in [0.5, 0.6) is 0 Å². The van der Waals surface area contributed by atoms with Crippen molar-refractivity contribution in [2.24, 2.45) is 11.8 Å². The van der Waals surface area contributed by atoms with Crippen LogP contribution in [0.3, 0.4) is 0 Å². The third kappa shape index (κ3) is 5.73. The summed E-state index contributed by atoms with van der Waals surface area (Å²) in [4.78, 5) is 2.34. The Bertz CT molecular complexity index is 1550. The van der Waals surface area contributed by atoms with Crippen LogP contribution < -0.4 is 0 Å². The number of hydrogen-bond acceptors (Lipinski definition) is 1. The van der Waals surface area contributed by atoms with Crippen molar-refractivity contribution in [2.45, 2.75) is 78.6 Å². The standard InChI is InChI=1S/C41H49N/c1-26(2)20-37-28(4)21-35-23-34(25-39(35)41(37)32-12-8-27(3)9-13-32)33-16-17-36-29(5)22-38(40(36)24-33)31-14-10-30(11-15-31)18-19-42(6)7/h8-9,12-13,16-17,21-24,29-31H,1,10-11,14-15,18-20,25H2,2-7H3. The minimum Gasteiger partial charge on any atom is -0.309 e. The summed E-state index contributed by atoms with van der Waals surface area (Å²) in [5, 5.41) is 0. The van der Waals surface area contributed by atoms with E-state index in [2.05, 4.69) is 114 Å². The zero-order valence-electron chi connectivity index (χ0n) is 26.8. The van der Waals surface area contributed by atoms with E-state index >= 15 is 0 Å². The van der Waals surface area contributed by atoms with E-state index in [1.165, 1.54) is 105 Å². The highest BCUT2D eigenvalue weighted by molar-refractivity contribution is 5.94. The van der Waals surface area contributed by atoms with Gasteiger partial charge >= 0.3 is 0 Å². The lowest BCUT2D eigenvalue weighted by Crippen LogP contribution is -2.21. The topological polar surface area (TPSA) is 3.24 Å². The highest BCUT2D eigenvalue weighted by atomic mass is 15.0. The molecule has 1 atom stereocenters. The predicted molar refractivity (Wildman–Crippen MR) is 183 cm³/mol. The van der Waals surface area contributed by atoms with Crippen molar-refractivity contribution >= 4 is 17.2 Å². The van der Waals surface area contributed by atoms with Crippen molar-refractivity contribution in [1.82, 2.24) is 4.90 Å². The number of nitrogens with zero attached hydrogens (tertiary/aromatic N) is 1. The van der Waals surface area contributed by atoms with Gasteiger partial charge in [-0.25, -0.2) is 0 Å². The van der Waals surface area contributed by atoms with Crippen LogP contribution in [0, 0.1) is 25.7 Å². The molecule has 6 rings (SSSR count). The van der Waals surface area contributed by atoms with Crippen molar-refractivity contribution < 1.29 is 0 Å². The average molecular weight is 556 g/mol. The summed E-state index contributed by atoms with van der Waals surface area (Å²) < 4.78 is 0. The third-order valence-corrected chi connectivity index (χ3v) is 10.2. The van der Waals surface area contributed by atoms with E-state index in [0.717, 1.165) is 24.7 Å². The Hall–Kier alpha value is -3.16. The molecule has 0 saturated heterocycles. The molecule has 0 bridgehead atoms. The zero-order chi connectivity index (χ0) is 29.5. The van der Waals surface area contributed by atoms with E-state index in [1.54, 1.807) is 5.57 Å². The highest BCUT2D eigenvalue weighted by Gasteiger charge is 2.31. The van der Waals surface area contributed by atoms with Crippen molar-refractivity contribution in [3.63, 3.8) is 0 Å². The molecule has 1 saturated carbocycles. The smallest absolute Gasteiger partial charge is 0.000174 e. The maximum absolute atomic E-state index is 4.28. The Balaban J connectivity index is 1.29. The molecule has 0 aliphatic heterocycles. The van der Waals surface area contributed by atoms with Crippen LogP contribution in [0.15, 0.2) is 66.8 Å². The second-order valence-corrected chi connectivity index (χ2v) is 14.0. The van der Waals surface area contributed by atoms with Crippen LogP contribution in [0.1, 0.15) is 96.4 Å². The number of hydrogen-bond donors (Lipinski definition) is 0. The summed E-state index contributed by atoms with van der Waals surface area (Å²) in [6.45, 7) is 14.5. The van der Waals surface area contributed by atoms with Crippen molar-refractivity contribution in [1.29, 1.82) is 0 Å². The summed E-state index contributed by atoms with van der Waals surface area (Å²) in [5.74, 6) is 2.14. The molecule has 0 amide bonds. The van der Waals surface area contributed by atoms with Gasteiger partial charge in [-0.1, -0.05) is 79.3 Å². The number of benzene rings is 3. The summed E-state index contributed by atoms with van der Waals surface area (Å²) in [5.41, 5.74) is 18.5. The number of allylic oxidation sites excluding steroid dienone is 4.